The second-order valence-electron chi connectivity index (χ2n) is 4.98. The highest BCUT2D eigenvalue weighted by Crippen LogP contribution is 2.31. The van der Waals surface area contributed by atoms with Gasteiger partial charge in [-0.25, -0.2) is 4.98 Å². The molecule has 0 saturated carbocycles. The van der Waals surface area contributed by atoms with Gasteiger partial charge >= 0.3 is 0 Å². The third-order valence-electron chi connectivity index (χ3n) is 3.65. The number of aryl methyl sites for hydroxylation is 1. The third-order valence-corrected chi connectivity index (χ3v) is 3.65. The lowest BCUT2D eigenvalue weighted by Gasteiger charge is -2.13. The van der Waals surface area contributed by atoms with Crippen LogP contribution in [0, 0.1) is 0 Å². The fourth-order valence-electron chi connectivity index (χ4n) is 2.63. The van der Waals surface area contributed by atoms with Gasteiger partial charge in [-0.3, -0.25) is 0 Å². The van der Waals surface area contributed by atoms with E-state index in [1.54, 1.807) is 0 Å². The molecule has 3 rings (SSSR count). The van der Waals surface area contributed by atoms with E-state index in [4.69, 9.17) is 0 Å². The first-order valence-corrected chi connectivity index (χ1v) is 7.10. The summed E-state index contributed by atoms with van der Waals surface area (Å²) < 4.78 is 2.05. The Morgan fingerprint density at radius 3 is 2.38 bits per heavy atom. The first-order chi connectivity index (χ1) is 10.3. The van der Waals surface area contributed by atoms with Crippen LogP contribution >= 0.6 is 0 Å². The van der Waals surface area contributed by atoms with Crippen LogP contribution in [-0.4, -0.2) is 9.55 Å². The Labute approximate surface area is 125 Å². The molecule has 0 aliphatic rings. The number of rotatable bonds is 3. The molecule has 0 aliphatic carbocycles. The molecule has 21 heavy (non-hydrogen) atoms. The van der Waals surface area contributed by atoms with Gasteiger partial charge in [0, 0.05) is 25.0 Å². The molecule has 2 heteroatoms. The van der Waals surface area contributed by atoms with Crippen molar-refractivity contribution in [1.29, 1.82) is 0 Å². The number of nitrogens with zero attached hydrogens (tertiary/aromatic N) is 2. The zero-order valence-electron chi connectivity index (χ0n) is 12.3. The Kier molecular flexibility index (Phi) is 3.69. The average molecular weight is 274 g/mol. The molecule has 0 fully saturated rings. The third kappa shape index (κ3) is 2.52. The molecular formula is C19H18N2. The molecule has 104 valence electrons. The molecule has 2 aromatic carbocycles. The monoisotopic (exact) mass is 274 g/mol. The van der Waals surface area contributed by atoms with Crippen molar-refractivity contribution in [3.63, 3.8) is 0 Å². The SMILES string of the molecule is C/C=C(\c1ccccc1)c1ccccc1-c1nccn1C. The quantitative estimate of drug-likeness (QED) is 0.685. The predicted molar refractivity (Wildman–Crippen MR) is 87.8 cm³/mol. The highest BCUT2D eigenvalue weighted by Gasteiger charge is 2.12. The van der Waals surface area contributed by atoms with Gasteiger partial charge in [0.1, 0.15) is 5.82 Å². The topological polar surface area (TPSA) is 17.8 Å². The molecule has 0 bridgehead atoms. The van der Waals surface area contributed by atoms with Crippen molar-refractivity contribution in [3.8, 4) is 11.4 Å². The Morgan fingerprint density at radius 1 is 1.00 bits per heavy atom. The maximum Gasteiger partial charge on any atom is 0.140 e. The van der Waals surface area contributed by atoms with Crippen molar-refractivity contribution >= 4 is 5.57 Å². The largest absolute Gasteiger partial charge is 0.334 e. The van der Waals surface area contributed by atoms with Crippen LogP contribution in [0.25, 0.3) is 17.0 Å². The minimum Gasteiger partial charge on any atom is -0.334 e. The summed E-state index contributed by atoms with van der Waals surface area (Å²) in [7, 11) is 2.02. The van der Waals surface area contributed by atoms with Crippen molar-refractivity contribution in [1.82, 2.24) is 9.55 Å². The van der Waals surface area contributed by atoms with E-state index in [9.17, 15) is 0 Å². The maximum absolute atomic E-state index is 4.49. The minimum absolute atomic E-state index is 0.987. The van der Waals surface area contributed by atoms with Gasteiger partial charge in [0.25, 0.3) is 0 Å². The van der Waals surface area contributed by atoms with Crippen LogP contribution in [0.15, 0.2) is 73.1 Å². The van der Waals surface area contributed by atoms with Gasteiger partial charge in [-0.15, -0.1) is 0 Å². The fraction of sp³-hybridized carbons (Fsp3) is 0.105. The second kappa shape index (κ2) is 5.80. The zero-order chi connectivity index (χ0) is 14.7. The zero-order valence-corrected chi connectivity index (χ0v) is 12.3. The highest BCUT2D eigenvalue weighted by atomic mass is 15.0. The summed E-state index contributed by atoms with van der Waals surface area (Å²) in [5, 5.41) is 0. The van der Waals surface area contributed by atoms with E-state index in [-0.39, 0.29) is 0 Å². The van der Waals surface area contributed by atoms with Crippen LogP contribution in [0.1, 0.15) is 18.1 Å². The molecule has 0 amide bonds. The van der Waals surface area contributed by atoms with Crippen LogP contribution in [0.3, 0.4) is 0 Å². The summed E-state index contributed by atoms with van der Waals surface area (Å²) in [6.45, 7) is 2.08. The standard InChI is InChI=1S/C19H18N2/c1-3-16(15-9-5-4-6-10-15)17-11-7-8-12-18(17)19-20-13-14-21(19)2/h3-14H,1-2H3/b16-3+. The van der Waals surface area contributed by atoms with Crippen LogP contribution in [0.4, 0.5) is 0 Å². The first-order valence-electron chi connectivity index (χ1n) is 7.10. The molecule has 0 N–H and O–H groups in total. The summed E-state index contributed by atoms with van der Waals surface area (Å²) in [4.78, 5) is 4.49. The summed E-state index contributed by atoms with van der Waals surface area (Å²) >= 11 is 0. The Balaban J connectivity index is 2.18. The number of aromatic nitrogens is 2. The van der Waals surface area contributed by atoms with Crippen molar-refractivity contribution in [2.24, 2.45) is 7.05 Å². The summed E-state index contributed by atoms with van der Waals surface area (Å²) in [5.74, 6) is 0.987. The molecule has 0 atom stereocenters. The van der Waals surface area contributed by atoms with Crippen LogP contribution in [0.5, 0.6) is 0 Å². The van der Waals surface area contributed by atoms with Gasteiger partial charge in [0.15, 0.2) is 0 Å². The van der Waals surface area contributed by atoms with Crippen molar-refractivity contribution < 1.29 is 0 Å². The van der Waals surface area contributed by atoms with E-state index in [1.165, 1.54) is 16.7 Å². The molecule has 0 unspecified atom stereocenters. The smallest absolute Gasteiger partial charge is 0.140 e. The van der Waals surface area contributed by atoms with E-state index >= 15 is 0 Å². The van der Waals surface area contributed by atoms with E-state index in [2.05, 4.69) is 71.1 Å². The minimum atomic E-state index is 0.987. The number of allylic oxidation sites excluding steroid dienone is 1. The van der Waals surface area contributed by atoms with Crippen LogP contribution < -0.4 is 0 Å². The van der Waals surface area contributed by atoms with Crippen LogP contribution in [0.2, 0.25) is 0 Å². The van der Waals surface area contributed by atoms with Gasteiger partial charge in [-0.05, 0) is 23.6 Å². The predicted octanol–water partition coefficient (Wildman–Crippen LogP) is 4.54. The molecular weight excluding hydrogens is 256 g/mol. The highest BCUT2D eigenvalue weighted by molar-refractivity contribution is 5.87. The van der Waals surface area contributed by atoms with E-state index in [0.29, 0.717) is 0 Å². The Morgan fingerprint density at radius 2 is 1.71 bits per heavy atom. The van der Waals surface area contributed by atoms with Gasteiger partial charge in [0.2, 0.25) is 0 Å². The molecule has 0 saturated heterocycles. The molecule has 1 heterocycles. The van der Waals surface area contributed by atoms with E-state index in [1.807, 2.05) is 25.5 Å². The lowest BCUT2D eigenvalue weighted by molar-refractivity contribution is 0.924. The Bertz CT molecular complexity index is 767. The average Bonchev–Trinajstić information content (AvgIpc) is 2.96. The number of hydrogen-bond acceptors (Lipinski definition) is 1. The van der Waals surface area contributed by atoms with Crippen molar-refractivity contribution in [2.45, 2.75) is 6.92 Å². The van der Waals surface area contributed by atoms with E-state index < -0.39 is 0 Å². The van der Waals surface area contributed by atoms with Crippen molar-refractivity contribution in [3.05, 3.63) is 84.2 Å². The number of benzene rings is 2. The summed E-state index contributed by atoms with van der Waals surface area (Å²) in [5.41, 5.74) is 4.82. The molecule has 3 aromatic rings. The lowest BCUT2D eigenvalue weighted by atomic mass is 9.93. The second-order valence-corrected chi connectivity index (χ2v) is 4.98. The fourth-order valence-corrected chi connectivity index (χ4v) is 2.63. The summed E-state index contributed by atoms with van der Waals surface area (Å²) in [6, 6.07) is 18.9. The van der Waals surface area contributed by atoms with Crippen LogP contribution in [-0.2, 0) is 7.05 Å². The molecule has 1 aromatic heterocycles. The van der Waals surface area contributed by atoms with Gasteiger partial charge in [0.05, 0.1) is 0 Å². The van der Waals surface area contributed by atoms with Gasteiger partial charge in [-0.2, -0.15) is 0 Å². The van der Waals surface area contributed by atoms with Gasteiger partial charge < -0.3 is 4.57 Å². The van der Waals surface area contributed by atoms with Gasteiger partial charge in [-0.1, -0.05) is 60.7 Å². The van der Waals surface area contributed by atoms with Crippen molar-refractivity contribution in [2.75, 3.05) is 0 Å². The molecule has 0 aliphatic heterocycles. The maximum atomic E-state index is 4.49. The molecule has 0 radical (unpaired) electrons. The van der Waals surface area contributed by atoms with E-state index in [0.717, 1.165) is 11.4 Å². The normalized spacial score (nSPS) is 11.6. The number of imidazole rings is 1. The lowest BCUT2D eigenvalue weighted by Crippen LogP contribution is -1.97. The number of hydrogen-bond donors (Lipinski definition) is 0. The molecule has 0 spiro atoms. The Hall–Kier alpha value is -2.61. The summed E-state index contributed by atoms with van der Waals surface area (Å²) in [6.07, 6.45) is 5.98. The first kappa shape index (κ1) is 13.4. The molecule has 2 nitrogen and oxygen atoms in total.